The Hall–Kier alpha value is -0.0800. The molecule has 0 aromatic heterocycles. The Balaban J connectivity index is 1.75. The van der Waals surface area contributed by atoms with E-state index in [0.29, 0.717) is 0 Å². The minimum absolute atomic E-state index is 0.792. The van der Waals surface area contributed by atoms with E-state index in [4.69, 9.17) is 0 Å². The zero-order chi connectivity index (χ0) is 15.0. The van der Waals surface area contributed by atoms with E-state index in [1.54, 1.807) is 0 Å². The molecule has 3 rings (SSSR count). The van der Waals surface area contributed by atoms with Crippen LogP contribution in [0.4, 0.5) is 0 Å². The number of fused-ring (bicyclic) bond motifs is 1. The van der Waals surface area contributed by atoms with Crippen molar-refractivity contribution >= 4 is 0 Å². The summed E-state index contributed by atoms with van der Waals surface area (Å²) in [5.74, 6) is 2.68. The Morgan fingerprint density at radius 2 is 1.86 bits per heavy atom. The van der Waals surface area contributed by atoms with Crippen molar-refractivity contribution in [1.29, 1.82) is 0 Å². The first-order chi connectivity index (χ1) is 10.1. The molecule has 2 aliphatic heterocycles. The Morgan fingerprint density at radius 1 is 1.05 bits per heavy atom. The molecule has 1 saturated carbocycles. The lowest BCUT2D eigenvalue weighted by Crippen LogP contribution is -2.63. The average molecular weight is 293 g/mol. The number of piperidine rings is 1. The summed E-state index contributed by atoms with van der Waals surface area (Å²) in [4.78, 5) is 5.79. The predicted octanol–water partition coefficient (Wildman–Crippen LogP) is 4.01. The molecule has 0 bridgehead atoms. The molecule has 21 heavy (non-hydrogen) atoms. The molecule has 0 N–H and O–H groups in total. The van der Waals surface area contributed by atoms with E-state index in [9.17, 15) is 0 Å². The van der Waals surface area contributed by atoms with Crippen LogP contribution in [0, 0.1) is 17.8 Å². The van der Waals surface area contributed by atoms with Gasteiger partial charge in [-0.05, 0) is 50.0 Å². The molecule has 5 atom stereocenters. The van der Waals surface area contributed by atoms with Crippen molar-refractivity contribution in [3.8, 4) is 0 Å². The zero-order valence-electron chi connectivity index (χ0n) is 14.7. The monoisotopic (exact) mass is 292 g/mol. The van der Waals surface area contributed by atoms with Gasteiger partial charge in [0.1, 0.15) is 0 Å². The number of hydrogen-bond acceptors (Lipinski definition) is 2. The maximum absolute atomic E-state index is 2.97. The molecule has 0 aromatic carbocycles. The molecule has 2 heteroatoms. The highest BCUT2D eigenvalue weighted by Crippen LogP contribution is 2.40. The average Bonchev–Trinajstić information content (AvgIpc) is 2.86. The summed E-state index contributed by atoms with van der Waals surface area (Å²) in [5, 5.41) is 0. The lowest BCUT2D eigenvalue weighted by atomic mass is 9.87. The first-order valence-electron chi connectivity index (χ1n) is 9.61. The standard InChI is InChI=1S/C19H36N2/c1-5-16-9-10-18(15(16)4)21-12-17-8-6-7-11-20(17)13-19(21)14(2)3/h14-19H,5-13H2,1-4H3. The van der Waals surface area contributed by atoms with Gasteiger partial charge in [-0.2, -0.15) is 0 Å². The highest BCUT2D eigenvalue weighted by atomic mass is 15.3. The minimum Gasteiger partial charge on any atom is -0.298 e. The van der Waals surface area contributed by atoms with Crippen molar-refractivity contribution in [1.82, 2.24) is 9.80 Å². The van der Waals surface area contributed by atoms with Gasteiger partial charge in [0.05, 0.1) is 0 Å². The van der Waals surface area contributed by atoms with Crippen LogP contribution < -0.4 is 0 Å². The van der Waals surface area contributed by atoms with Crippen molar-refractivity contribution in [2.24, 2.45) is 17.8 Å². The van der Waals surface area contributed by atoms with Gasteiger partial charge < -0.3 is 0 Å². The van der Waals surface area contributed by atoms with Crippen LogP contribution in [0.1, 0.15) is 66.2 Å². The topological polar surface area (TPSA) is 6.48 Å². The molecule has 3 aliphatic rings. The molecule has 0 radical (unpaired) electrons. The number of piperazine rings is 1. The van der Waals surface area contributed by atoms with Crippen molar-refractivity contribution in [3.05, 3.63) is 0 Å². The molecular weight excluding hydrogens is 256 g/mol. The van der Waals surface area contributed by atoms with Crippen LogP contribution in [0.3, 0.4) is 0 Å². The van der Waals surface area contributed by atoms with Crippen LogP contribution in [0.5, 0.6) is 0 Å². The zero-order valence-corrected chi connectivity index (χ0v) is 14.7. The predicted molar refractivity (Wildman–Crippen MR) is 90.5 cm³/mol. The summed E-state index contributed by atoms with van der Waals surface area (Å²) in [6, 6.07) is 2.52. The first-order valence-corrected chi connectivity index (χ1v) is 9.61. The summed E-state index contributed by atoms with van der Waals surface area (Å²) in [6.45, 7) is 13.9. The summed E-state index contributed by atoms with van der Waals surface area (Å²) < 4.78 is 0. The van der Waals surface area contributed by atoms with Gasteiger partial charge in [-0.1, -0.05) is 40.5 Å². The Kier molecular flexibility index (Phi) is 4.95. The van der Waals surface area contributed by atoms with E-state index in [1.165, 1.54) is 58.2 Å². The maximum atomic E-state index is 2.97. The number of hydrogen-bond donors (Lipinski definition) is 0. The quantitative estimate of drug-likeness (QED) is 0.775. The molecule has 0 aromatic rings. The number of rotatable bonds is 3. The molecule has 122 valence electrons. The molecule has 2 saturated heterocycles. The molecule has 5 unspecified atom stereocenters. The lowest BCUT2D eigenvalue weighted by Gasteiger charge is -2.52. The second-order valence-electron chi connectivity index (χ2n) is 8.32. The van der Waals surface area contributed by atoms with Gasteiger partial charge in [-0.15, -0.1) is 0 Å². The fraction of sp³-hybridized carbons (Fsp3) is 1.00. The van der Waals surface area contributed by atoms with E-state index < -0.39 is 0 Å². The Labute approximate surface area is 132 Å². The van der Waals surface area contributed by atoms with Gasteiger partial charge in [0.15, 0.2) is 0 Å². The Bertz CT molecular complexity index is 338. The SMILES string of the molecule is CCC1CCC(N2CC3CCCCN3CC2C(C)C)C1C. The summed E-state index contributed by atoms with van der Waals surface area (Å²) >= 11 is 0. The summed E-state index contributed by atoms with van der Waals surface area (Å²) in [6.07, 6.45) is 8.64. The Morgan fingerprint density at radius 3 is 2.52 bits per heavy atom. The van der Waals surface area contributed by atoms with Gasteiger partial charge >= 0.3 is 0 Å². The highest BCUT2D eigenvalue weighted by molar-refractivity contribution is 4.98. The van der Waals surface area contributed by atoms with Gasteiger partial charge in [-0.25, -0.2) is 0 Å². The highest BCUT2D eigenvalue weighted by Gasteiger charge is 2.43. The van der Waals surface area contributed by atoms with Crippen molar-refractivity contribution < 1.29 is 0 Å². The molecule has 0 amide bonds. The molecule has 2 heterocycles. The second kappa shape index (κ2) is 6.58. The van der Waals surface area contributed by atoms with Crippen LogP contribution >= 0.6 is 0 Å². The molecule has 0 spiro atoms. The normalized spacial score (nSPS) is 42.4. The van der Waals surface area contributed by atoms with Gasteiger partial charge in [0, 0.05) is 31.2 Å². The van der Waals surface area contributed by atoms with E-state index in [1.807, 2.05) is 0 Å². The van der Waals surface area contributed by atoms with Crippen LogP contribution in [0.25, 0.3) is 0 Å². The van der Waals surface area contributed by atoms with Crippen LogP contribution in [0.2, 0.25) is 0 Å². The second-order valence-corrected chi connectivity index (χ2v) is 8.32. The van der Waals surface area contributed by atoms with Crippen LogP contribution in [-0.4, -0.2) is 47.6 Å². The molecular formula is C19H36N2. The van der Waals surface area contributed by atoms with Crippen LogP contribution in [0.15, 0.2) is 0 Å². The van der Waals surface area contributed by atoms with E-state index in [0.717, 1.165) is 35.9 Å². The minimum atomic E-state index is 0.792. The van der Waals surface area contributed by atoms with Gasteiger partial charge in [0.2, 0.25) is 0 Å². The van der Waals surface area contributed by atoms with E-state index in [-0.39, 0.29) is 0 Å². The van der Waals surface area contributed by atoms with Crippen molar-refractivity contribution in [3.63, 3.8) is 0 Å². The summed E-state index contributed by atoms with van der Waals surface area (Å²) in [5.41, 5.74) is 0. The largest absolute Gasteiger partial charge is 0.298 e. The maximum Gasteiger partial charge on any atom is 0.0249 e. The first kappa shape index (κ1) is 15.8. The fourth-order valence-electron chi connectivity index (χ4n) is 5.47. The molecule has 3 fully saturated rings. The van der Waals surface area contributed by atoms with Crippen molar-refractivity contribution in [2.45, 2.75) is 84.3 Å². The third kappa shape index (κ3) is 3.03. The van der Waals surface area contributed by atoms with E-state index >= 15 is 0 Å². The smallest absolute Gasteiger partial charge is 0.0249 e. The molecule has 2 nitrogen and oxygen atoms in total. The van der Waals surface area contributed by atoms with E-state index in [2.05, 4.69) is 37.5 Å². The third-order valence-electron chi connectivity index (χ3n) is 6.92. The van der Waals surface area contributed by atoms with Crippen molar-refractivity contribution in [2.75, 3.05) is 19.6 Å². The fourth-order valence-corrected chi connectivity index (χ4v) is 5.47. The lowest BCUT2D eigenvalue weighted by molar-refractivity contribution is -0.0385. The summed E-state index contributed by atoms with van der Waals surface area (Å²) in [7, 11) is 0. The third-order valence-corrected chi connectivity index (χ3v) is 6.92. The van der Waals surface area contributed by atoms with Gasteiger partial charge in [0.25, 0.3) is 0 Å². The van der Waals surface area contributed by atoms with Crippen LogP contribution in [-0.2, 0) is 0 Å². The molecule has 1 aliphatic carbocycles. The van der Waals surface area contributed by atoms with Gasteiger partial charge in [-0.3, -0.25) is 9.80 Å². The number of nitrogens with zero attached hydrogens (tertiary/aromatic N) is 2.